The van der Waals surface area contributed by atoms with Crippen molar-refractivity contribution in [2.24, 2.45) is 0 Å². The van der Waals surface area contributed by atoms with Crippen LogP contribution in [0.3, 0.4) is 0 Å². The van der Waals surface area contributed by atoms with Crippen molar-refractivity contribution in [2.45, 2.75) is 6.92 Å². The van der Waals surface area contributed by atoms with Crippen LogP contribution in [0.15, 0.2) is 18.2 Å². The van der Waals surface area contributed by atoms with E-state index in [4.69, 9.17) is 5.73 Å². The molecule has 0 spiro atoms. The van der Waals surface area contributed by atoms with E-state index < -0.39 is 10.9 Å². The number of rotatable bonds is 2. The minimum atomic E-state index is -0.662. The lowest BCUT2D eigenvalue weighted by Crippen LogP contribution is -2.00. The van der Waals surface area contributed by atoms with Crippen molar-refractivity contribution in [1.29, 1.82) is 0 Å². The highest BCUT2D eigenvalue weighted by Gasteiger charge is 2.07. The van der Waals surface area contributed by atoms with Crippen molar-refractivity contribution < 1.29 is 14.5 Å². The predicted octanol–water partition coefficient (Wildman–Crippen LogP) is 1.09. The van der Waals surface area contributed by atoms with Crippen molar-refractivity contribution >= 4 is 17.3 Å². The molecule has 88 valence electrons. The fourth-order valence-corrected chi connectivity index (χ4v) is 1.06. The van der Waals surface area contributed by atoms with Gasteiger partial charge in [-0.3, -0.25) is 10.1 Å². The summed E-state index contributed by atoms with van der Waals surface area (Å²) in [7, 11) is 0. The molecule has 0 aliphatic rings. The van der Waals surface area contributed by atoms with Crippen LogP contribution in [-0.2, 0) is 9.53 Å². The van der Waals surface area contributed by atoms with Crippen LogP contribution in [0.4, 0.5) is 11.4 Å². The number of carbonyl (C=O) groups excluding carboxylic acids is 1. The fraction of sp³-hybridized carbons (Fsp3) is 0.182. The molecular formula is C11H10N2O4. The van der Waals surface area contributed by atoms with Gasteiger partial charge in [-0.15, -0.1) is 0 Å². The Morgan fingerprint density at radius 1 is 1.59 bits per heavy atom. The standard InChI is InChI=1S/C11H10N2O4/c1-2-17-11(14)6-4-8-3-5-9(13(15)16)7-10(8)12/h3,5,7H,2,12H2,1H3. The Bertz CT molecular complexity index is 514. The second kappa shape index (κ2) is 5.51. The Morgan fingerprint density at radius 2 is 2.29 bits per heavy atom. The van der Waals surface area contributed by atoms with Crippen LogP contribution in [0.1, 0.15) is 12.5 Å². The highest BCUT2D eigenvalue weighted by atomic mass is 16.6. The van der Waals surface area contributed by atoms with Gasteiger partial charge in [0.2, 0.25) is 0 Å². The summed E-state index contributed by atoms with van der Waals surface area (Å²) in [5.41, 5.74) is 5.94. The number of esters is 1. The van der Waals surface area contributed by atoms with Crippen molar-refractivity contribution in [3.8, 4) is 11.8 Å². The third-order valence-electron chi connectivity index (χ3n) is 1.82. The van der Waals surface area contributed by atoms with E-state index in [1.54, 1.807) is 6.92 Å². The predicted molar refractivity (Wildman–Crippen MR) is 61.0 cm³/mol. The molecule has 1 aromatic carbocycles. The first-order valence-electron chi connectivity index (χ1n) is 4.77. The van der Waals surface area contributed by atoms with Gasteiger partial charge in [-0.2, -0.15) is 0 Å². The fourth-order valence-electron chi connectivity index (χ4n) is 1.06. The van der Waals surface area contributed by atoms with E-state index >= 15 is 0 Å². The lowest BCUT2D eigenvalue weighted by molar-refractivity contribution is -0.384. The molecule has 0 bridgehead atoms. The maximum atomic E-state index is 11.0. The van der Waals surface area contributed by atoms with Gasteiger partial charge in [0.15, 0.2) is 0 Å². The summed E-state index contributed by atoms with van der Waals surface area (Å²) in [6, 6.07) is 3.85. The third kappa shape index (κ3) is 3.50. The maximum Gasteiger partial charge on any atom is 0.384 e. The Kier molecular flexibility index (Phi) is 4.06. The molecule has 1 aromatic rings. The van der Waals surface area contributed by atoms with Crippen LogP contribution in [0.2, 0.25) is 0 Å². The average Bonchev–Trinajstić information content (AvgIpc) is 2.27. The third-order valence-corrected chi connectivity index (χ3v) is 1.82. The number of benzene rings is 1. The first-order chi connectivity index (χ1) is 8.04. The molecule has 0 radical (unpaired) electrons. The number of hydrogen-bond acceptors (Lipinski definition) is 5. The van der Waals surface area contributed by atoms with E-state index in [-0.39, 0.29) is 18.0 Å². The molecule has 0 aromatic heterocycles. The highest BCUT2D eigenvalue weighted by molar-refractivity contribution is 5.89. The molecule has 6 nitrogen and oxygen atoms in total. The summed E-state index contributed by atoms with van der Waals surface area (Å²) in [4.78, 5) is 20.9. The van der Waals surface area contributed by atoms with Gasteiger partial charge in [0.25, 0.3) is 5.69 Å². The van der Waals surface area contributed by atoms with Gasteiger partial charge in [-0.25, -0.2) is 4.79 Å². The largest absolute Gasteiger partial charge is 0.456 e. The molecule has 0 heterocycles. The van der Waals surface area contributed by atoms with Crippen LogP contribution < -0.4 is 5.73 Å². The topological polar surface area (TPSA) is 95.5 Å². The summed E-state index contributed by atoms with van der Waals surface area (Å²) in [5.74, 6) is 4.06. The van der Waals surface area contributed by atoms with Crippen molar-refractivity contribution in [3.63, 3.8) is 0 Å². The van der Waals surface area contributed by atoms with E-state index in [1.807, 2.05) is 0 Å². The van der Waals surface area contributed by atoms with Gasteiger partial charge in [0, 0.05) is 23.6 Å². The first-order valence-corrected chi connectivity index (χ1v) is 4.77. The van der Waals surface area contributed by atoms with Crippen LogP contribution in [0.5, 0.6) is 0 Å². The zero-order valence-corrected chi connectivity index (χ0v) is 9.10. The molecular weight excluding hydrogens is 224 g/mol. The molecule has 0 saturated heterocycles. The Hall–Kier alpha value is -2.55. The number of nitrogens with zero attached hydrogens (tertiary/aromatic N) is 1. The average molecular weight is 234 g/mol. The summed E-state index contributed by atoms with van der Waals surface area (Å²) >= 11 is 0. The van der Waals surface area contributed by atoms with Gasteiger partial charge in [-0.1, -0.05) is 5.92 Å². The summed E-state index contributed by atoms with van der Waals surface area (Å²) in [6.07, 6.45) is 0. The number of anilines is 1. The SMILES string of the molecule is CCOC(=O)C#Cc1ccc([N+](=O)[O-])cc1N. The van der Waals surface area contributed by atoms with Crippen LogP contribution in [0, 0.1) is 22.0 Å². The Labute approximate surface area is 97.5 Å². The lowest BCUT2D eigenvalue weighted by Gasteiger charge is -1.97. The normalized spacial score (nSPS) is 9.00. The molecule has 0 aliphatic heterocycles. The highest BCUT2D eigenvalue weighted by Crippen LogP contribution is 2.18. The van der Waals surface area contributed by atoms with E-state index in [2.05, 4.69) is 16.6 Å². The van der Waals surface area contributed by atoms with Crippen molar-refractivity contribution in [3.05, 3.63) is 33.9 Å². The first kappa shape index (κ1) is 12.5. The van der Waals surface area contributed by atoms with Crippen LogP contribution in [0.25, 0.3) is 0 Å². The second-order valence-corrected chi connectivity index (χ2v) is 3.00. The summed E-state index contributed by atoms with van der Waals surface area (Å²) in [6.45, 7) is 1.91. The zero-order chi connectivity index (χ0) is 12.8. The molecule has 0 fully saturated rings. The summed E-state index contributed by atoms with van der Waals surface area (Å²) < 4.78 is 4.60. The zero-order valence-electron chi connectivity index (χ0n) is 9.10. The Morgan fingerprint density at radius 3 is 2.82 bits per heavy atom. The molecule has 0 amide bonds. The molecule has 0 unspecified atom stereocenters. The molecule has 0 atom stereocenters. The molecule has 0 saturated carbocycles. The number of ether oxygens (including phenoxy) is 1. The van der Waals surface area contributed by atoms with Crippen molar-refractivity contribution in [2.75, 3.05) is 12.3 Å². The molecule has 0 aliphatic carbocycles. The number of nitrogen functional groups attached to an aromatic ring is 1. The minimum absolute atomic E-state index is 0.121. The monoisotopic (exact) mass is 234 g/mol. The molecule has 2 N–H and O–H groups in total. The minimum Gasteiger partial charge on any atom is -0.456 e. The lowest BCUT2D eigenvalue weighted by atomic mass is 10.1. The van der Waals surface area contributed by atoms with Crippen LogP contribution >= 0.6 is 0 Å². The number of nitro groups is 1. The van der Waals surface area contributed by atoms with E-state index in [1.165, 1.54) is 18.2 Å². The quantitative estimate of drug-likeness (QED) is 0.272. The Balaban J connectivity index is 2.93. The van der Waals surface area contributed by atoms with Gasteiger partial charge in [0.05, 0.1) is 17.2 Å². The number of nitrogens with two attached hydrogens (primary N) is 1. The van der Waals surface area contributed by atoms with Gasteiger partial charge in [-0.05, 0) is 13.0 Å². The second-order valence-electron chi connectivity index (χ2n) is 3.00. The molecule has 1 rings (SSSR count). The van der Waals surface area contributed by atoms with Gasteiger partial charge in [0.1, 0.15) is 0 Å². The van der Waals surface area contributed by atoms with E-state index in [9.17, 15) is 14.9 Å². The summed E-state index contributed by atoms with van der Waals surface area (Å²) in [5, 5.41) is 10.5. The number of nitro benzene ring substituents is 1. The smallest absolute Gasteiger partial charge is 0.384 e. The molecule has 6 heteroatoms. The van der Waals surface area contributed by atoms with Gasteiger partial charge < -0.3 is 10.5 Å². The van der Waals surface area contributed by atoms with Crippen LogP contribution in [-0.4, -0.2) is 17.5 Å². The van der Waals surface area contributed by atoms with Gasteiger partial charge >= 0.3 is 5.97 Å². The number of hydrogen-bond donors (Lipinski definition) is 1. The van der Waals surface area contributed by atoms with E-state index in [0.29, 0.717) is 5.56 Å². The van der Waals surface area contributed by atoms with Crippen molar-refractivity contribution in [1.82, 2.24) is 0 Å². The number of non-ortho nitro benzene ring substituents is 1. The number of carbonyl (C=O) groups is 1. The van der Waals surface area contributed by atoms with E-state index in [0.717, 1.165) is 0 Å². The molecule has 17 heavy (non-hydrogen) atoms. The maximum absolute atomic E-state index is 11.0.